The van der Waals surface area contributed by atoms with Gasteiger partial charge in [0, 0.05) is 23.5 Å². The summed E-state index contributed by atoms with van der Waals surface area (Å²) in [4.78, 5) is 22.6. The molecule has 0 aliphatic heterocycles. The summed E-state index contributed by atoms with van der Waals surface area (Å²) in [7, 11) is 0. The van der Waals surface area contributed by atoms with Crippen molar-refractivity contribution < 1.29 is 33.0 Å². The van der Waals surface area contributed by atoms with Gasteiger partial charge in [-0.25, -0.2) is 4.79 Å². The van der Waals surface area contributed by atoms with E-state index in [1.807, 2.05) is 30.5 Å². The number of aromatic nitrogens is 1. The summed E-state index contributed by atoms with van der Waals surface area (Å²) < 4.78 is 31.7. The van der Waals surface area contributed by atoms with Gasteiger partial charge in [-0.3, -0.25) is 4.79 Å². The largest absolute Gasteiger partial charge is 0.490 e. The van der Waals surface area contributed by atoms with Gasteiger partial charge in [-0.1, -0.05) is 18.2 Å². The first kappa shape index (κ1) is 17.5. The molecule has 1 atom stereocenters. The van der Waals surface area contributed by atoms with E-state index in [0.717, 1.165) is 16.5 Å². The van der Waals surface area contributed by atoms with Crippen LogP contribution >= 0.6 is 0 Å². The minimum atomic E-state index is -5.08. The van der Waals surface area contributed by atoms with E-state index in [1.54, 1.807) is 0 Å². The number of nitrogens with one attached hydrogen (secondary N) is 1. The molecule has 2 aromatic rings. The van der Waals surface area contributed by atoms with Crippen molar-refractivity contribution in [1.82, 2.24) is 4.98 Å². The number of para-hydroxylation sites is 1. The Bertz CT molecular complexity index is 667. The van der Waals surface area contributed by atoms with Crippen molar-refractivity contribution in [1.29, 1.82) is 0 Å². The molecule has 1 aromatic carbocycles. The maximum absolute atomic E-state index is 10.6. The summed E-state index contributed by atoms with van der Waals surface area (Å²) in [6, 6.07) is 6.91. The summed E-state index contributed by atoms with van der Waals surface area (Å²) >= 11 is 0. The maximum Gasteiger partial charge on any atom is 0.490 e. The summed E-state index contributed by atoms with van der Waals surface area (Å²) in [6.45, 7) is 0. The van der Waals surface area contributed by atoms with E-state index in [9.17, 15) is 18.0 Å². The highest BCUT2D eigenvalue weighted by Gasteiger charge is 2.38. The van der Waals surface area contributed by atoms with Crippen LogP contribution in [0.1, 0.15) is 5.56 Å². The second-order valence-corrected chi connectivity index (χ2v) is 4.31. The van der Waals surface area contributed by atoms with Crippen LogP contribution in [0.3, 0.4) is 0 Å². The number of H-pyrrole nitrogens is 1. The first-order valence-electron chi connectivity index (χ1n) is 5.96. The van der Waals surface area contributed by atoms with Crippen molar-refractivity contribution in [2.24, 2.45) is 5.73 Å². The van der Waals surface area contributed by atoms with Crippen LogP contribution in [-0.4, -0.2) is 39.4 Å². The number of hydrogen-bond donors (Lipinski definition) is 4. The van der Waals surface area contributed by atoms with E-state index in [0.29, 0.717) is 6.42 Å². The van der Waals surface area contributed by atoms with E-state index in [4.69, 9.17) is 20.7 Å². The van der Waals surface area contributed by atoms with E-state index in [-0.39, 0.29) is 0 Å². The van der Waals surface area contributed by atoms with Crippen molar-refractivity contribution in [3.63, 3.8) is 0 Å². The third-order valence-corrected chi connectivity index (χ3v) is 2.67. The lowest BCUT2D eigenvalue weighted by Crippen LogP contribution is -2.32. The highest BCUT2D eigenvalue weighted by Crippen LogP contribution is 2.18. The number of rotatable bonds is 3. The molecule has 0 aliphatic carbocycles. The normalized spacial score (nSPS) is 12.4. The molecule has 0 saturated heterocycles. The first-order valence-corrected chi connectivity index (χ1v) is 5.96. The number of halogens is 3. The molecule has 0 saturated carbocycles. The Morgan fingerprint density at radius 1 is 1.23 bits per heavy atom. The van der Waals surface area contributed by atoms with E-state index in [1.165, 1.54) is 0 Å². The molecule has 5 N–H and O–H groups in total. The van der Waals surface area contributed by atoms with Crippen LogP contribution in [0, 0.1) is 0 Å². The lowest BCUT2D eigenvalue weighted by Gasteiger charge is -2.04. The zero-order valence-electron chi connectivity index (χ0n) is 11.1. The highest BCUT2D eigenvalue weighted by molar-refractivity contribution is 5.84. The Balaban J connectivity index is 0.000000295. The number of alkyl halides is 3. The SMILES string of the molecule is N[C@H](Cc1c[nH]c2ccccc12)C(=O)O.O=C(O)C(F)(F)F. The number of carbonyl (C=O) groups is 2. The van der Waals surface area contributed by atoms with Gasteiger partial charge in [-0.15, -0.1) is 0 Å². The molecule has 0 spiro atoms. The molecule has 2 rings (SSSR count). The van der Waals surface area contributed by atoms with Crippen molar-refractivity contribution in [3.05, 3.63) is 36.0 Å². The number of aromatic amines is 1. The van der Waals surface area contributed by atoms with Gasteiger partial charge in [0.15, 0.2) is 0 Å². The monoisotopic (exact) mass is 318 g/mol. The predicted octanol–water partition coefficient (Wildman–Crippen LogP) is 1.76. The van der Waals surface area contributed by atoms with Gasteiger partial charge in [0.1, 0.15) is 6.04 Å². The second-order valence-electron chi connectivity index (χ2n) is 4.31. The zero-order valence-corrected chi connectivity index (χ0v) is 11.1. The number of carboxylic acids is 2. The molecule has 0 aliphatic rings. The number of carboxylic acid groups (broad SMARTS) is 2. The standard InChI is InChI=1S/C11H12N2O2.C2HF3O2/c12-9(11(14)15)5-7-6-13-10-4-2-1-3-8(7)10;3-2(4,5)1(6)7/h1-4,6,9,13H,5,12H2,(H,14,15);(H,6,7)/t9-;/m1./s1. The fraction of sp³-hybridized carbons (Fsp3) is 0.231. The number of hydrogen-bond acceptors (Lipinski definition) is 3. The Morgan fingerprint density at radius 3 is 2.27 bits per heavy atom. The quantitative estimate of drug-likeness (QED) is 0.688. The molecule has 22 heavy (non-hydrogen) atoms. The molecule has 9 heteroatoms. The van der Waals surface area contributed by atoms with E-state index in [2.05, 4.69) is 4.98 Å². The van der Waals surface area contributed by atoms with Gasteiger partial charge in [0.25, 0.3) is 0 Å². The van der Waals surface area contributed by atoms with Crippen molar-refractivity contribution >= 4 is 22.8 Å². The Kier molecular flexibility index (Phi) is 5.52. The third-order valence-electron chi connectivity index (χ3n) is 2.67. The first-order chi connectivity index (χ1) is 10.1. The molecule has 1 aromatic heterocycles. The van der Waals surface area contributed by atoms with Crippen LogP contribution < -0.4 is 5.73 Å². The predicted molar refractivity (Wildman–Crippen MR) is 71.3 cm³/mol. The summed E-state index contributed by atoms with van der Waals surface area (Å²) in [5.74, 6) is -3.73. The number of nitrogens with two attached hydrogens (primary N) is 1. The zero-order chi connectivity index (χ0) is 16.9. The Labute approximate surface area is 122 Å². The Morgan fingerprint density at radius 2 is 1.77 bits per heavy atom. The molecule has 0 radical (unpaired) electrons. The molecule has 1 heterocycles. The van der Waals surface area contributed by atoms with Crippen LogP contribution in [0.25, 0.3) is 10.9 Å². The molecule has 6 nitrogen and oxygen atoms in total. The van der Waals surface area contributed by atoms with E-state index >= 15 is 0 Å². The topological polar surface area (TPSA) is 116 Å². The van der Waals surface area contributed by atoms with Crippen LogP contribution in [0.2, 0.25) is 0 Å². The van der Waals surface area contributed by atoms with Gasteiger partial charge in [-0.05, 0) is 11.6 Å². The fourth-order valence-electron chi connectivity index (χ4n) is 1.62. The molecule has 0 amide bonds. The average molecular weight is 318 g/mol. The molecular formula is C13H13F3N2O4. The smallest absolute Gasteiger partial charge is 0.480 e. The summed E-state index contributed by atoms with van der Waals surface area (Å²) in [5.41, 5.74) is 7.43. The fourth-order valence-corrected chi connectivity index (χ4v) is 1.62. The van der Waals surface area contributed by atoms with Crippen molar-refractivity contribution in [2.45, 2.75) is 18.6 Å². The molecule has 0 fully saturated rings. The molecule has 0 unspecified atom stereocenters. The van der Waals surface area contributed by atoms with Gasteiger partial charge < -0.3 is 20.9 Å². The van der Waals surface area contributed by atoms with Crippen LogP contribution in [0.15, 0.2) is 30.5 Å². The minimum Gasteiger partial charge on any atom is -0.480 e. The van der Waals surface area contributed by atoms with Crippen LogP contribution in [0.5, 0.6) is 0 Å². The number of aliphatic carboxylic acids is 2. The summed E-state index contributed by atoms with van der Waals surface area (Å²) in [5, 5.41) is 16.9. The maximum atomic E-state index is 10.6. The number of fused-ring (bicyclic) bond motifs is 1. The highest BCUT2D eigenvalue weighted by atomic mass is 19.4. The third kappa shape index (κ3) is 4.77. The van der Waals surface area contributed by atoms with Crippen molar-refractivity contribution in [2.75, 3.05) is 0 Å². The van der Waals surface area contributed by atoms with Gasteiger partial charge in [0.05, 0.1) is 0 Å². The second kappa shape index (κ2) is 6.94. The molecule has 0 bridgehead atoms. The number of benzene rings is 1. The average Bonchev–Trinajstić information content (AvgIpc) is 2.82. The minimum absolute atomic E-state index is 0.347. The van der Waals surface area contributed by atoms with Gasteiger partial charge >= 0.3 is 18.1 Å². The van der Waals surface area contributed by atoms with Crippen LogP contribution in [-0.2, 0) is 16.0 Å². The van der Waals surface area contributed by atoms with Crippen LogP contribution in [0.4, 0.5) is 13.2 Å². The van der Waals surface area contributed by atoms with Gasteiger partial charge in [0.2, 0.25) is 0 Å². The Hall–Kier alpha value is -2.55. The molecular weight excluding hydrogens is 305 g/mol. The van der Waals surface area contributed by atoms with Crippen molar-refractivity contribution in [3.8, 4) is 0 Å². The lowest BCUT2D eigenvalue weighted by atomic mass is 10.1. The molecule has 120 valence electrons. The summed E-state index contributed by atoms with van der Waals surface area (Å²) in [6.07, 6.45) is -2.92. The van der Waals surface area contributed by atoms with E-state index < -0.39 is 24.2 Å². The van der Waals surface area contributed by atoms with Gasteiger partial charge in [-0.2, -0.15) is 13.2 Å². The lowest BCUT2D eigenvalue weighted by molar-refractivity contribution is -0.192.